The molecule has 0 saturated carbocycles. The number of carbonyl (C=O) groups excluding carboxylic acids is 1. The van der Waals surface area contributed by atoms with Gasteiger partial charge >= 0.3 is 0 Å². The number of halogens is 1. The average molecular weight is 271 g/mol. The van der Waals surface area contributed by atoms with Crippen LogP contribution in [0.1, 0.15) is 6.92 Å². The van der Waals surface area contributed by atoms with Gasteiger partial charge in [-0.2, -0.15) is 0 Å². The van der Waals surface area contributed by atoms with Crippen LogP contribution in [0.5, 0.6) is 0 Å². The average Bonchev–Trinajstić information content (AvgIpc) is 2.44. The van der Waals surface area contributed by atoms with E-state index >= 15 is 0 Å². The second kappa shape index (κ2) is 6.84. The quantitative estimate of drug-likeness (QED) is 0.503. The monoisotopic (exact) mass is 270 g/mol. The zero-order valence-electron chi connectivity index (χ0n) is 8.66. The number of carbonyl (C=O) groups is 1. The van der Waals surface area contributed by atoms with Gasteiger partial charge in [0, 0.05) is 6.92 Å². The summed E-state index contributed by atoms with van der Waals surface area (Å²) in [5, 5.41) is 0.154. The summed E-state index contributed by atoms with van der Waals surface area (Å²) in [5.41, 5.74) is 0. The molecule has 0 aliphatic carbocycles. The molecule has 9 heteroatoms. The van der Waals surface area contributed by atoms with Crippen molar-refractivity contribution in [1.29, 1.82) is 0 Å². The van der Waals surface area contributed by atoms with Crippen LogP contribution in [0, 0.1) is 10.2 Å². The molecule has 1 aromatic heterocycles. The molecular weight excluding hydrogens is 260 g/mol. The molecule has 0 saturated heterocycles. The highest BCUT2D eigenvalue weighted by atomic mass is 35.7. The Bertz CT molecular complexity index is 332. The molecule has 1 rings (SSSR count). The van der Waals surface area contributed by atoms with E-state index < -0.39 is 10.2 Å². The first-order chi connectivity index (χ1) is 7.18. The van der Waals surface area contributed by atoms with E-state index in [2.05, 4.69) is 0 Å². The Hall–Kier alpha value is -0.640. The van der Waals surface area contributed by atoms with Crippen molar-refractivity contribution >= 4 is 16.9 Å². The molecule has 16 heavy (non-hydrogen) atoms. The second-order valence-corrected chi connectivity index (χ2v) is 4.61. The van der Waals surface area contributed by atoms with Crippen molar-refractivity contribution in [3.05, 3.63) is 18.7 Å². The second-order valence-electron chi connectivity index (χ2n) is 2.74. The lowest BCUT2D eigenvalue weighted by atomic mass is 10.9. The van der Waals surface area contributed by atoms with Crippen molar-refractivity contribution in [3.63, 3.8) is 0 Å². The maximum atomic E-state index is 10.6. The lowest BCUT2D eigenvalue weighted by Crippen LogP contribution is -2.68. The number of nitrogens with zero attached hydrogens (tertiary/aromatic N) is 2. The minimum Gasteiger partial charge on any atom is -0.287 e. The number of aromatic nitrogens is 2. The van der Waals surface area contributed by atoms with Crippen LogP contribution in [0.3, 0.4) is 0 Å². The van der Waals surface area contributed by atoms with Crippen LogP contribution >= 0.6 is 11.8 Å². The Kier molecular flexibility index (Phi) is 6.56. The van der Waals surface area contributed by atoms with Gasteiger partial charge in [0.2, 0.25) is 6.33 Å². The maximum absolute atomic E-state index is 10.6. The number of rotatable bonds is 2. The third kappa shape index (κ3) is 11.4. The fraction of sp³-hybridized carbons (Fsp3) is 0.429. The van der Waals surface area contributed by atoms with E-state index in [-0.39, 0.29) is 5.12 Å². The highest BCUT2D eigenvalue weighted by Gasteiger charge is 2.00. The van der Waals surface area contributed by atoms with Crippen molar-refractivity contribution in [3.8, 4) is 0 Å². The summed E-state index contributed by atoms with van der Waals surface area (Å²) in [6.45, 7) is 1.58. The van der Waals surface area contributed by atoms with Gasteiger partial charge in [-0.3, -0.25) is 4.79 Å². The van der Waals surface area contributed by atoms with E-state index in [0.29, 0.717) is 5.88 Å². The van der Waals surface area contributed by atoms with Crippen LogP contribution in [0.4, 0.5) is 0 Å². The van der Waals surface area contributed by atoms with Crippen LogP contribution in [0.2, 0.25) is 0 Å². The molecule has 0 spiro atoms. The van der Waals surface area contributed by atoms with Gasteiger partial charge in [-0.15, -0.1) is 10.2 Å². The predicted molar refractivity (Wildman–Crippen MR) is 43.9 cm³/mol. The SMILES string of the molecule is CC(=O)SCn1cc[n+](C)c1.[O-][Cl+3]([O-])([O-])[O-]. The lowest BCUT2D eigenvalue weighted by Gasteiger charge is -2.17. The van der Waals surface area contributed by atoms with Gasteiger partial charge in [0.05, 0.1) is 7.05 Å². The first kappa shape index (κ1) is 15.4. The Morgan fingerprint density at radius 2 is 1.94 bits per heavy atom. The fourth-order valence-corrected chi connectivity index (χ4v) is 1.23. The molecule has 0 N–H and O–H groups in total. The normalized spacial score (nSPS) is 10.6. The summed E-state index contributed by atoms with van der Waals surface area (Å²) in [7, 11) is -2.99. The number of aryl methyl sites for hydroxylation is 1. The lowest BCUT2D eigenvalue weighted by molar-refractivity contribution is -2.00. The van der Waals surface area contributed by atoms with Gasteiger partial charge in [0.1, 0.15) is 18.3 Å². The van der Waals surface area contributed by atoms with Crippen molar-refractivity contribution in [2.75, 3.05) is 0 Å². The molecule has 0 aromatic carbocycles. The van der Waals surface area contributed by atoms with Crippen LogP contribution in [-0.4, -0.2) is 9.68 Å². The van der Waals surface area contributed by atoms with E-state index in [4.69, 9.17) is 18.6 Å². The highest BCUT2D eigenvalue weighted by Crippen LogP contribution is 2.03. The summed E-state index contributed by atoms with van der Waals surface area (Å²) < 4.78 is 37.9. The first-order valence-corrected chi connectivity index (χ1v) is 6.16. The Balaban J connectivity index is 0.000000385. The molecule has 0 fully saturated rings. The van der Waals surface area contributed by atoms with Gasteiger partial charge in [-0.25, -0.2) is 27.8 Å². The minimum absolute atomic E-state index is 0.154. The zero-order valence-corrected chi connectivity index (χ0v) is 10.2. The van der Waals surface area contributed by atoms with Crippen molar-refractivity contribution in [2.24, 2.45) is 7.05 Å². The van der Waals surface area contributed by atoms with Crippen molar-refractivity contribution in [2.45, 2.75) is 12.8 Å². The number of hydrogen-bond acceptors (Lipinski definition) is 6. The van der Waals surface area contributed by atoms with E-state index in [9.17, 15) is 4.79 Å². The van der Waals surface area contributed by atoms with Crippen LogP contribution in [0.15, 0.2) is 18.7 Å². The topological polar surface area (TPSA) is 118 Å². The summed E-state index contributed by atoms with van der Waals surface area (Å²) in [4.78, 5) is 10.6. The molecule has 92 valence electrons. The largest absolute Gasteiger partial charge is 0.287 e. The van der Waals surface area contributed by atoms with Crippen molar-refractivity contribution < 1.29 is 38.2 Å². The summed E-state index contributed by atoms with van der Waals surface area (Å²) >= 11 is 1.31. The Morgan fingerprint density at radius 3 is 2.25 bits per heavy atom. The molecule has 0 aliphatic rings. The smallest absolute Gasteiger partial charge is 0.244 e. The Labute approximate surface area is 98.7 Å². The number of imidazole rings is 1. The first-order valence-electron chi connectivity index (χ1n) is 3.94. The molecule has 0 unspecified atom stereocenters. The number of hydrogen-bond donors (Lipinski definition) is 0. The van der Waals surface area contributed by atoms with Crippen molar-refractivity contribution in [1.82, 2.24) is 4.57 Å². The van der Waals surface area contributed by atoms with E-state index in [1.54, 1.807) is 6.92 Å². The maximum Gasteiger partial charge on any atom is 0.244 e. The van der Waals surface area contributed by atoms with Crippen LogP contribution in [0.25, 0.3) is 0 Å². The summed E-state index contributed by atoms with van der Waals surface area (Å²) in [5.74, 6) is 0.705. The molecule has 0 atom stereocenters. The van der Waals surface area contributed by atoms with E-state index in [1.165, 1.54) is 11.8 Å². The molecule has 1 heterocycles. The molecule has 0 aliphatic heterocycles. The fourth-order valence-electron chi connectivity index (χ4n) is 0.744. The van der Waals surface area contributed by atoms with E-state index in [1.807, 2.05) is 34.9 Å². The molecule has 7 nitrogen and oxygen atoms in total. The molecule has 0 amide bonds. The summed E-state index contributed by atoms with van der Waals surface area (Å²) in [6.07, 6.45) is 5.83. The Morgan fingerprint density at radius 1 is 1.44 bits per heavy atom. The van der Waals surface area contributed by atoms with Crippen LogP contribution < -0.4 is 23.2 Å². The number of thioether (sulfide) groups is 1. The standard InChI is InChI=1S/C7H11N2OS.ClHO4/c1-7(10)11-6-9-4-3-8(2)5-9;2-1(3,4)5/h3-5H,6H2,1-2H3;(H,2,3,4,5)/q+1;/p-1. The third-order valence-electron chi connectivity index (χ3n) is 1.24. The molecular formula is C7H11ClN2O5S. The highest BCUT2D eigenvalue weighted by molar-refractivity contribution is 8.12. The van der Waals surface area contributed by atoms with E-state index in [0.717, 1.165) is 0 Å². The van der Waals surface area contributed by atoms with Gasteiger partial charge in [0.25, 0.3) is 0 Å². The van der Waals surface area contributed by atoms with Crippen LogP contribution in [-0.2, 0) is 17.7 Å². The predicted octanol–water partition coefficient (Wildman–Crippen LogP) is -4.21. The third-order valence-corrected chi connectivity index (χ3v) is 2.07. The van der Waals surface area contributed by atoms with Gasteiger partial charge in [-0.05, 0) is 11.8 Å². The summed E-state index contributed by atoms with van der Waals surface area (Å²) in [6, 6.07) is 0. The van der Waals surface area contributed by atoms with Gasteiger partial charge < -0.3 is 0 Å². The van der Waals surface area contributed by atoms with Gasteiger partial charge in [0.15, 0.2) is 5.12 Å². The molecule has 1 aromatic rings. The van der Waals surface area contributed by atoms with Gasteiger partial charge in [-0.1, -0.05) is 0 Å². The zero-order chi connectivity index (χ0) is 12.8. The molecule has 0 radical (unpaired) electrons. The minimum atomic E-state index is -4.94. The molecule has 0 bridgehead atoms.